The van der Waals surface area contributed by atoms with Crippen LogP contribution in [0.5, 0.6) is 0 Å². The van der Waals surface area contributed by atoms with Crippen molar-refractivity contribution in [3.63, 3.8) is 0 Å². The predicted octanol–water partition coefficient (Wildman–Crippen LogP) is 8.55. The number of hydrogen-bond acceptors (Lipinski definition) is 7. The Kier molecular flexibility index (Phi) is 11.0. The minimum atomic E-state index is -1.27. The van der Waals surface area contributed by atoms with Crippen molar-refractivity contribution in [2.45, 2.75) is 77.6 Å². The Hall–Kier alpha value is -3.65. The van der Waals surface area contributed by atoms with E-state index < -0.39 is 27.5 Å². The lowest BCUT2D eigenvalue weighted by molar-refractivity contribution is -0.148. The van der Waals surface area contributed by atoms with Gasteiger partial charge in [-0.3, -0.25) is 9.78 Å². The summed E-state index contributed by atoms with van der Waals surface area (Å²) in [5.74, 6) is 0.0622. The lowest BCUT2D eigenvalue weighted by Crippen LogP contribution is -2.33. The summed E-state index contributed by atoms with van der Waals surface area (Å²) in [6.45, 7) is 18.0. The van der Waals surface area contributed by atoms with Crippen molar-refractivity contribution in [2.75, 3.05) is 31.6 Å². The average Bonchev–Trinajstić information content (AvgIpc) is 3.47. The third-order valence-corrected chi connectivity index (χ3v) is 12.4. The number of benzene rings is 1. The molecule has 0 saturated heterocycles. The maximum atomic E-state index is 12.0. The lowest BCUT2D eigenvalue weighted by Gasteiger charge is -2.29. The molecule has 0 spiro atoms. The number of carbonyl (C=O) groups is 1. The standard InChI is InChI=1S/C37H51N5O4Si2/c1-37(36(43)44)17-15-29(16-18-37)33-23-34(41(26-45-19-21-47(2,3)4)27-46-20-22-48(5,6)7)42-35(40-33)31(25-39-42)30-13-14-32(38-24-30)28-11-9-8-10-12-28/h8-15,23-25H,16-22,26-27H2,1-7H3,(H,43,44). The van der Waals surface area contributed by atoms with Crippen molar-refractivity contribution in [1.29, 1.82) is 0 Å². The molecule has 0 amide bonds. The zero-order valence-corrected chi connectivity index (χ0v) is 31.6. The predicted molar refractivity (Wildman–Crippen MR) is 200 cm³/mol. The molecule has 9 nitrogen and oxygen atoms in total. The Bertz CT molecular complexity index is 1710. The third kappa shape index (κ3) is 9.07. The first-order valence-corrected chi connectivity index (χ1v) is 24.4. The number of carboxylic acids is 1. The normalized spacial score (nSPS) is 17.0. The molecule has 4 aromatic rings. The molecule has 1 atom stereocenters. The summed E-state index contributed by atoms with van der Waals surface area (Å²) < 4.78 is 14.5. The summed E-state index contributed by atoms with van der Waals surface area (Å²) >= 11 is 0. The first-order valence-electron chi connectivity index (χ1n) is 17.0. The van der Waals surface area contributed by atoms with Crippen LogP contribution in [0.4, 0.5) is 5.82 Å². The largest absolute Gasteiger partial charge is 0.481 e. The molecule has 0 saturated carbocycles. The van der Waals surface area contributed by atoms with Crippen LogP contribution in [0.3, 0.4) is 0 Å². The van der Waals surface area contributed by atoms with E-state index in [-0.39, 0.29) is 0 Å². The van der Waals surface area contributed by atoms with Gasteiger partial charge in [-0.15, -0.1) is 0 Å². The highest BCUT2D eigenvalue weighted by Crippen LogP contribution is 2.39. The summed E-state index contributed by atoms with van der Waals surface area (Å²) in [7, 11) is -2.54. The number of aromatic nitrogens is 4. The molecular formula is C37H51N5O4Si2. The number of allylic oxidation sites excluding steroid dienone is 2. The highest BCUT2D eigenvalue weighted by molar-refractivity contribution is 6.76. The van der Waals surface area contributed by atoms with Crippen LogP contribution in [0.2, 0.25) is 51.4 Å². The van der Waals surface area contributed by atoms with Gasteiger partial charge in [-0.1, -0.05) is 81.8 Å². The van der Waals surface area contributed by atoms with E-state index in [0.29, 0.717) is 51.6 Å². The summed E-state index contributed by atoms with van der Waals surface area (Å²) in [5.41, 5.74) is 5.54. The Morgan fingerprint density at radius 1 is 0.917 bits per heavy atom. The molecule has 1 aromatic carbocycles. The van der Waals surface area contributed by atoms with E-state index >= 15 is 0 Å². The van der Waals surface area contributed by atoms with Crippen LogP contribution in [0.25, 0.3) is 33.6 Å². The third-order valence-electron chi connectivity index (χ3n) is 9.00. The van der Waals surface area contributed by atoms with E-state index in [1.54, 1.807) is 0 Å². The maximum absolute atomic E-state index is 12.0. The van der Waals surface area contributed by atoms with Crippen LogP contribution in [0.1, 0.15) is 31.9 Å². The zero-order valence-electron chi connectivity index (χ0n) is 29.6. The molecular weight excluding hydrogens is 635 g/mol. The van der Waals surface area contributed by atoms with Gasteiger partial charge in [-0.2, -0.15) is 9.61 Å². The highest BCUT2D eigenvalue weighted by atomic mass is 28.3. The van der Waals surface area contributed by atoms with E-state index in [9.17, 15) is 9.90 Å². The number of rotatable bonds is 15. The van der Waals surface area contributed by atoms with Gasteiger partial charge in [0.05, 0.1) is 23.0 Å². The highest BCUT2D eigenvalue weighted by Gasteiger charge is 2.35. The molecule has 5 rings (SSSR count). The Labute approximate surface area is 287 Å². The second-order valence-corrected chi connectivity index (χ2v) is 26.9. The topological polar surface area (TPSA) is 102 Å². The molecule has 48 heavy (non-hydrogen) atoms. The maximum Gasteiger partial charge on any atom is 0.309 e. The van der Waals surface area contributed by atoms with Gasteiger partial charge >= 0.3 is 5.97 Å². The Balaban J connectivity index is 1.55. The lowest BCUT2D eigenvalue weighted by atomic mass is 9.76. The van der Waals surface area contributed by atoms with Crippen LogP contribution in [-0.2, 0) is 14.3 Å². The van der Waals surface area contributed by atoms with Gasteiger partial charge in [0.2, 0.25) is 0 Å². The van der Waals surface area contributed by atoms with Crippen LogP contribution < -0.4 is 4.90 Å². The first-order chi connectivity index (χ1) is 22.7. The summed E-state index contributed by atoms with van der Waals surface area (Å²) in [4.78, 5) is 24.0. The number of pyridine rings is 1. The fraction of sp³-hybridized carbons (Fsp3) is 0.459. The SMILES string of the molecule is CC1(C(=O)O)CC=C(c2cc(N(COCC[Si](C)(C)C)COCC[Si](C)(C)C)n3ncc(-c4ccc(-c5ccccc5)nc4)c3n2)CC1. The van der Waals surface area contributed by atoms with Gasteiger partial charge in [0, 0.05) is 58.3 Å². The molecule has 0 radical (unpaired) electrons. The van der Waals surface area contributed by atoms with Crippen molar-refractivity contribution >= 4 is 39.2 Å². The molecule has 1 aliphatic rings. The van der Waals surface area contributed by atoms with Crippen molar-refractivity contribution in [3.8, 4) is 22.4 Å². The van der Waals surface area contributed by atoms with E-state index in [1.807, 2.05) is 54.2 Å². The minimum Gasteiger partial charge on any atom is -0.481 e. The van der Waals surface area contributed by atoms with Gasteiger partial charge in [0.25, 0.3) is 0 Å². The number of carboxylic acid groups (broad SMARTS) is 1. The molecule has 1 N–H and O–H groups in total. The monoisotopic (exact) mass is 685 g/mol. The van der Waals surface area contributed by atoms with Crippen LogP contribution in [0.15, 0.2) is 67.0 Å². The van der Waals surface area contributed by atoms with Crippen LogP contribution in [0, 0.1) is 5.41 Å². The number of nitrogens with zero attached hydrogens (tertiary/aromatic N) is 5. The van der Waals surface area contributed by atoms with E-state index in [2.05, 4.69) is 68.4 Å². The van der Waals surface area contributed by atoms with Gasteiger partial charge < -0.3 is 19.5 Å². The van der Waals surface area contributed by atoms with Gasteiger partial charge in [-0.05, 0) is 49.9 Å². The Morgan fingerprint density at radius 3 is 2.12 bits per heavy atom. The Morgan fingerprint density at radius 2 is 1.58 bits per heavy atom. The van der Waals surface area contributed by atoms with Crippen LogP contribution in [-0.4, -0.2) is 73.5 Å². The summed E-state index contributed by atoms with van der Waals surface area (Å²) in [6, 6.07) is 18.4. The van der Waals surface area contributed by atoms with Gasteiger partial charge in [0.1, 0.15) is 19.3 Å². The van der Waals surface area contributed by atoms with E-state index in [1.165, 1.54) is 0 Å². The number of anilines is 1. The van der Waals surface area contributed by atoms with Crippen molar-refractivity contribution < 1.29 is 19.4 Å². The van der Waals surface area contributed by atoms with Gasteiger partial charge in [0.15, 0.2) is 5.65 Å². The molecule has 1 unspecified atom stereocenters. The number of ether oxygens (including phenoxy) is 2. The summed E-state index contributed by atoms with van der Waals surface area (Å²) in [6.07, 6.45) is 7.41. The van der Waals surface area contributed by atoms with E-state index in [4.69, 9.17) is 24.5 Å². The quantitative estimate of drug-likeness (QED) is 0.0755. The molecule has 0 aliphatic heterocycles. The van der Waals surface area contributed by atoms with Crippen molar-refractivity contribution in [2.24, 2.45) is 5.41 Å². The fourth-order valence-electron chi connectivity index (χ4n) is 5.54. The smallest absolute Gasteiger partial charge is 0.309 e. The van der Waals surface area contributed by atoms with Crippen molar-refractivity contribution in [1.82, 2.24) is 19.6 Å². The average molecular weight is 686 g/mol. The molecule has 3 aromatic heterocycles. The number of fused-ring (bicyclic) bond motifs is 1. The summed E-state index contributed by atoms with van der Waals surface area (Å²) in [5, 5.41) is 14.7. The molecule has 11 heteroatoms. The van der Waals surface area contributed by atoms with Gasteiger partial charge in [-0.25, -0.2) is 4.98 Å². The molecule has 256 valence electrons. The molecule has 3 heterocycles. The molecule has 0 fully saturated rings. The number of hydrogen-bond donors (Lipinski definition) is 1. The second kappa shape index (κ2) is 14.9. The second-order valence-electron chi connectivity index (χ2n) is 15.6. The van der Waals surface area contributed by atoms with Crippen LogP contribution >= 0.6 is 0 Å². The fourth-order valence-corrected chi connectivity index (χ4v) is 7.05. The first kappa shape index (κ1) is 35.7. The molecule has 1 aliphatic carbocycles. The number of aliphatic carboxylic acids is 1. The zero-order chi connectivity index (χ0) is 34.5. The van der Waals surface area contributed by atoms with E-state index in [0.717, 1.165) is 51.6 Å². The van der Waals surface area contributed by atoms with Crippen molar-refractivity contribution in [3.05, 3.63) is 72.7 Å². The molecule has 0 bridgehead atoms. The minimum absolute atomic E-state index is 0.356.